The van der Waals surface area contributed by atoms with E-state index in [9.17, 15) is 17.6 Å². The maximum absolute atomic E-state index is 13.6. The minimum absolute atomic E-state index is 0.238. The maximum Gasteiger partial charge on any atom is 0.419 e. The molecule has 3 rings (SSSR count). The number of alkyl halides is 3. The van der Waals surface area contributed by atoms with Gasteiger partial charge in [0.1, 0.15) is 5.82 Å². The maximum atomic E-state index is 13.6. The van der Waals surface area contributed by atoms with Crippen LogP contribution in [0.25, 0.3) is 0 Å². The molecule has 2 aromatic rings. The molecule has 0 atom stereocenters. The van der Waals surface area contributed by atoms with Crippen LogP contribution in [0.5, 0.6) is 0 Å². The minimum Gasteiger partial charge on any atom is -0.206 e. The highest BCUT2D eigenvalue weighted by atomic mass is 19.4. The van der Waals surface area contributed by atoms with Gasteiger partial charge in [-0.2, -0.15) is 13.2 Å². The van der Waals surface area contributed by atoms with Crippen molar-refractivity contribution in [2.75, 3.05) is 0 Å². The lowest BCUT2D eigenvalue weighted by molar-refractivity contribution is -0.140. The largest absolute Gasteiger partial charge is 0.419 e. The second kappa shape index (κ2) is 11.4. The van der Waals surface area contributed by atoms with Gasteiger partial charge >= 0.3 is 6.18 Å². The van der Waals surface area contributed by atoms with E-state index in [-0.39, 0.29) is 5.56 Å². The van der Waals surface area contributed by atoms with Crippen LogP contribution in [0.15, 0.2) is 54.6 Å². The number of hydrogen-bond acceptors (Lipinski definition) is 0. The Labute approximate surface area is 188 Å². The van der Waals surface area contributed by atoms with E-state index in [0.717, 1.165) is 44.2 Å². The Balaban J connectivity index is 1.48. The van der Waals surface area contributed by atoms with Crippen LogP contribution in [0, 0.1) is 23.6 Å². The summed E-state index contributed by atoms with van der Waals surface area (Å²) in [4.78, 5) is 0. The first-order valence-corrected chi connectivity index (χ1v) is 11.5. The van der Waals surface area contributed by atoms with Crippen LogP contribution in [-0.2, 0) is 12.6 Å². The number of halogens is 4. The summed E-state index contributed by atoms with van der Waals surface area (Å²) in [6.07, 6.45) is 8.53. The predicted octanol–water partition coefficient (Wildman–Crippen LogP) is 8.46. The normalized spacial score (nSPS) is 19.0. The molecule has 0 aliphatic heterocycles. The summed E-state index contributed by atoms with van der Waals surface area (Å²) in [7, 11) is 0. The van der Waals surface area contributed by atoms with Gasteiger partial charge in [-0.05, 0) is 85.8 Å². The highest BCUT2D eigenvalue weighted by molar-refractivity contribution is 5.40. The van der Waals surface area contributed by atoms with Crippen molar-refractivity contribution in [1.82, 2.24) is 0 Å². The standard InChI is InChI=1S/C28H30F4/c1-2-3-4-7-21-10-15-24(16-11-21)25-17-12-22(13-18-25)8-5-6-9-23-14-19-26(27(29)20-23)28(30,31)32/h5,8,10-11,14-16,19-20,22,25H,2-4,7,12-13,17-18H2,1H3. The Bertz CT molecular complexity index is 950. The van der Waals surface area contributed by atoms with E-state index < -0.39 is 17.6 Å². The highest BCUT2D eigenvalue weighted by Crippen LogP contribution is 2.36. The second-order valence-electron chi connectivity index (χ2n) is 8.63. The van der Waals surface area contributed by atoms with Gasteiger partial charge < -0.3 is 0 Å². The van der Waals surface area contributed by atoms with Crippen molar-refractivity contribution >= 4 is 0 Å². The van der Waals surface area contributed by atoms with Gasteiger partial charge in [-0.15, -0.1) is 0 Å². The van der Waals surface area contributed by atoms with Gasteiger partial charge in [0.2, 0.25) is 0 Å². The van der Waals surface area contributed by atoms with Crippen LogP contribution in [0.3, 0.4) is 0 Å². The van der Waals surface area contributed by atoms with E-state index in [0.29, 0.717) is 11.8 Å². The van der Waals surface area contributed by atoms with Crippen molar-refractivity contribution in [2.24, 2.45) is 5.92 Å². The first-order chi connectivity index (χ1) is 15.4. The third-order valence-electron chi connectivity index (χ3n) is 6.23. The minimum atomic E-state index is -4.69. The van der Waals surface area contributed by atoms with Crippen LogP contribution in [0.2, 0.25) is 0 Å². The molecule has 0 saturated heterocycles. The van der Waals surface area contributed by atoms with Gasteiger partial charge in [0.05, 0.1) is 5.56 Å². The van der Waals surface area contributed by atoms with Crippen molar-refractivity contribution in [3.05, 3.63) is 82.7 Å². The zero-order valence-electron chi connectivity index (χ0n) is 18.5. The van der Waals surface area contributed by atoms with Gasteiger partial charge in [-0.25, -0.2) is 4.39 Å². The fourth-order valence-corrected chi connectivity index (χ4v) is 4.31. The molecule has 0 bridgehead atoms. The number of hydrogen-bond donors (Lipinski definition) is 0. The number of allylic oxidation sites excluding steroid dienone is 2. The predicted molar refractivity (Wildman–Crippen MR) is 122 cm³/mol. The van der Waals surface area contributed by atoms with Crippen molar-refractivity contribution in [3.63, 3.8) is 0 Å². The fourth-order valence-electron chi connectivity index (χ4n) is 4.31. The van der Waals surface area contributed by atoms with E-state index in [4.69, 9.17) is 0 Å². The van der Waals surface area contributed by atoms with Gasteiger partial charge in [-0.1, -0.05) is 61.9 Å². The molecule has 4 heteroatoms. The molecule has 170 valence electrons. The number of benzene rings is 2. The van der Waals surface area contributed by atoms with Gasteiger partial charge in [0.25, 0.3) is 0 Å². The van der Waals surface area contributed by atoms with Crippen LogP contribution in [0.4, 0.5) is 17.6 Å². The summed E-state index contributed by atoms with van der Waals surface area (Å²) in [5, 5.41) is 0. The molecule has 0 heterocycles. The topological polar surface area (TPSA) is 0 Å². The molecule has 0 radical (unpaired) electrons. The number of aryl methyl sites for hydroxylation is 1. The lowest BCUT2D eigenvalue weighted by atomic mass is 9.78. The Morgan fingerprint density at radius 3 is 2.31 bits per heavy atom. The van der Waals surface area contributed by atoms with Crippen molar-refractivity contribution in [1.29, 1.82) is 0 Å². The lowest BCUT2D eigenvalue weighted by Crippen LogP contribution is -2.11. The van der Waals surface area contributed by atoms with E-state index in [1.54, 1.807) is 6.08 Å². The molecule has 1 saturated carbocycles. The molecule has 0 unspecified atom stereocenters. The molecular weight excluding hydrogens is 412 g/mol. The van der Waals surface area contributed by atoms with Crippen LogP contribution >= 0.6 is 0 Å². The Hall–Kier alpha value is -2.54. The zero-order chi connectivity index (χ0) is 23.0. The third kappa shape index (κ3) is 6.99. The second-order valence-corrected chi connectivity index (χ2v) is 8.63. The molecule has 0 spiro atoms. The molecule has 0 amide bonds. The first-order valence-electron chi connectivity index (χ1n) is 11.5. The SMILES string of the molecule is CCCCCc1ccc(C2CCC(C=CC#Cc3ccc(C(F)(F)F)c(F)c3)CC2)cc1. The molecule has 0 aromatic heterocycles. The molecule has 1 aliphatic rings. The molecule has 2 aromatic carbocycles. The Morgan fingerprint density at radius 2 is 1.69 bits per heavy atom. The summed E-state index contributed by atoms with van der Waals surface area (Å²) in [6.45, 7) is 2.22. The molecule has 0 N–H and O–H groups in total. The van der Waals surface area contributed by atoms with Gasteiger partial charge in [-0.3, -0.25) is 0 Å². The fraction of sp³-hybridized carbons (Fsp3) is 0.429. The molecule has 0 nitrogen and oxygen atoms in total. The summed E-state index contributed by atoms with van der Waals surface area (Å²) in [6, 6.07) is 11.9. The van der Waals surface area contributed by atoms with E-state index in [1.807, 2.05) is 0 Å². The van der Waals surface area contributed by atoms with E-state index in [2.05, 4.69) is 49.1 Å². The first kappa shape index (κ1) is 24.1. The summed E-state index contributed by atoms with van der Waals surface area (Å²) in [5.41, 5.74) is 1.82. The lowest BCUT2D eigenvalue weighted by Gasteiger charge is -2.27. The number of unbranched alkanes of at least 4 members (excludes halogenated alkanes) is 2. The summed E-state index contributed by atoms with van der Waals surface area (Å²) < 4.78 is 51.5. The molecule has 1 fully saturated rings. The van der Waals surface area contributed by atoms with Gasteiger partial charge in [0.15, 0.2) is 0 Å². The zero-order valence-corrected chi connectivity index (χ0v) is 18.5. The van der Waals surface area contributed by atoms with Crippen LogP contribution < -0.4 is 0 Å². The molecular formula is C28H30F4. The van der Waals surface area contributed by atoms with Crippen molar-refractivity contribution in [2.45, 2.75) is 70.4 Å². The van der Waals surface area contributed by atoms with E-state index in [1.165, 1.54) is 36.5 Å². The summed E-state index contributed by atoms with van der Waals surface area (Å²) in [5.74, 6) is 5.31. The van der Waals surface area contributed by atoms with Crippen molar-refractivity contribution in [3.8, 4) is 11.8 Å². The quantitative estimate of drug-likeness (QED) is 0.239. The highest BCUT2D eigenvalue weighted by Gasteiger charge is 2.33. The number of rotatable bonds is 6. The van der Waals surface area contributed by atoms with Crippen LogP contribution in [-0.4, -0.2) is 0 Å². The Kier molecular flexibility index (Phi) is 8.56. The monoisotopic (exact) mass is 442 g/mol. The average molecular weight is 443 g/mol. The average Bonchev–Trinajstić information content (AvgIpc) is 2.77. The summed E-state index contributed by atoms with van der Waals surface area (Å²) >= 11 is 0. The van der Waals surface area contributed by atoms with Crippen LogP contribution in [0.1, 0.15) is 80.0 Å². The van der Waals surface area contributed by atoms with E-state index >= 15 is 0 Å². The smallest absolute Gasteiger partial charge is 0.206 e. The third-order valence-corrected chi connectivity index (χ3v) is 6.23. The van der Waals surface area contributed by atoms with Crippen molar-refractivity contribution < 1.29 is 17.6 Å². The molecule has 1 aliphatic carbocycles. The molecule has 32 heavy (non-hydrogen) atoms. The van der Waals surface area contributed by atoms with Gasteiger partial charge in [0, 0.05) is 5.56 Å². The Morgan fingerprint density at radius 1 is 0.969 bits per heavy atom.